The first kappa shape index (κ1) is 29.4. The monoisotopic (exact) mass is 639 g/mol. The lowest BCUT2D eigenvalue weighted by Gasteiger charge is -2.16. The summed E-state index contributed by atoms with van der Waals surface area (Å²) in [5, 5.41) is 3.40. The molecule has 1 heterocycles. The molecule has 5 rings (SSSR count). The third-order valence-corrected chi connectivity index (χ3v) is 8.24. The Morgan fingerprint density at radius 3 is 2.24 bits per heavy atom. The smallest absolute Gasteiger partial charge is 0.271 e. The molecule has 1 N–H and O–H groups in total. The molecule has 0 unspecified atom stereocenters. The molecular formula is C34H30BrN3O3S. The van der Waals surface area contributed by atoms with Crippen LogP contribution in [0, 0.1) is 0 Å². The van der Waals surface area contributed by atoms with E-state index in [0.29, 0.717) is 26.0 Å². The van der Waals surface area contributed by atoms with Gasteiger partial charge in [-0.1, -0.05) is 62.4 Å². The number of para-hydroxylation sites is 1. The molecule has 1 aliphatic heterocycles. The van der Waals surface area contributed by atoms with Gasteiger partial charge in [-0.25, -0.2) is 4.99 Å². The minimum absolute atomic E-state index is 0.132. The molecule has 4 aromatic rings. The molecule has 4 aromatic carbocycles. The molecule has 0 aromatic heterocycles. The summed E-state index contributed by atoms with van der Waals surface area (Å²) in [6.07, 6.45) is 3.72. The van der Waals surface area contributed by atoms with E-state index in [2.05, 4.69) is 47.2 Å². The molecule has 0 aliphatic carbocycles. The summed E-state index contributed by atoms with van der Waals surface area (Å²) in [4.78, 5) is 33.1. The number of halogens is 1. The van der Waals surface area contributed by atoms with Crippen LogP contribution in [0.25, 0.3) is 6.08 Å². The fraction of sp³-hybridized carbons (Fsp3) is 0.147. The summed E-state index contributed by atoms with van der Waals surface area (Å²) in [7, 11) is 0. The normalized spacial score (nSPS) is 14.9. The number of amides is 2. The van der Waals surface area contributed by atoms with Crippen LogP contribution in [0.1, 0.15) is 30.5 Å². The predicted octanol–water partition coefficient (Wildman–Crippen LogP) is 8.40. The third-order valence-electron chi connectivity index (χ3n) is 6.65. The molecule has 0 radical (unpaired) electrons. The first-order chi connectivity index (χ1) is 20.4. The highest BCUT2D eigenvalue weighted by molar-refractivity contribution is 9.10. The molecule has 1 aliphatic rings. The number of carbonyl (C=O) groups excluding carboxylic acids is 2. The van der Waals surface area contributed by atoms with Gasteiger partial charge in [0.15, 0.2) is 11.8 Å². The fourth-order valence-electron chi connectivity index (χ4n) is 4.31. The zero-order chi connectivity index (χ0) is 29.5. The highest BCUT2D eigenvalue weighted by Crippen LogP contribution is 2.38. The van der Waals surface area contributed by atoms with Crippen LogP contribution in [0.2, 0.25) is 0 Å². The van der Waals surface area contributed by atoms with E-state index >= 15 is 0 Å². The number of anilines is 2. The summed E-state index contributed by atoms with van der Waals surface area (Å²) in [6, 6.07) is 30.8. The van der Waals surface area contributed by atoms with Crippen LogP contribution in [0.4, 0.5) is 17.1 Å². The Morgan fingerprint density at radius 1 is 0.929 bits per heavy atom. The Kier molecular flexibility index (Phi) is 9.56. The van der Waals surface area contributed by atoms with E-state index < -0.39 is 0 Å². The SMILES string of the molecule is CCc1ccc(N=C2S/C(=C\c3ccc(OCC(=O)Nc4ccccc4)c(Br)c3)C(=O)N2c2ccc(CC)cc2)cc1. The van der Waals surface area contributed by atoms with Gasteiger partial charge in [0.1, 0.15) is 5.75 Å². The number of rotatable bonds is 9. The summed E-state index contributed by atoms with van der Waals surface area (Å²) >= 11 is 4.89. The summed E-state index contributed by atoms with van der Waals surface area (Å²) in [6.45, 7) is 4.09. The van der Waals surface area contributed by atoms with Crippen molar-refractivity contribution in [1.82, 2.24) is 0 Å². The van der Waals surface area contributed by atoms with Crippen LogP contribution in [0.3, 0.4) is 0 Å². The van der Waals surface area contributed by atoms with Gasteiger partial charge < -0.3 is 10.1 Å². The molecular weight excluding hydrogens is 610 g/mol. The van der Waals surface area contributed by atoms with Crippen molar-refractivity contribution < 1.29 is 14.3 Å². The maximum atomic E-state index is 13.7. The van der Waals surface area contributed by atoms with E-state index in [0.717, 1.165) is 29.8 Å². The quantitative estimate of drug-likeness (QED) is 0.187. The molecule has 42 heavy (non-hydrogen) atoms. The summed E-state index contributed by atoms with van der Waals surface area (Å²) in [5.41, 5.74) is 5.52. The molecule has 2 amide bonds. The second-order valence-corrected chi connectivity index (χ2v) is 11.4. The average Bonchev–Trinajstić information content (AvgIpc) is 3.31. The van der Waals surface area contributed by atoms with E-state index in [4.69, 9.17) is 9.73 Å². The number of nitrogens with zero attached hydrogens (tertiary/aromatic N) is 2. The Hall–Kier alpha value is -4.14. The van der Waals surface area contributed by atoms with E-state index in [1.54, 1.807) is 11.0 Å². The maximum Gasteiger partial charge on any atom is 0.271 e. The van der Waals surface area contributed by atoms with Crippen molar-refractivity contribution in [2.24, 2.45) is 4.99 Å². The second kappa shape index (κ2) is 13.7. The van der Waals surface area contributed by atoms with E-state index in [9.17, 15) is 9.59 Å². The van der Waals surface area contributed by atoms with Crippen LogP contribution >= 0.6 is 27.7 Å². The van der Waals surface area contributed by atoms with Gasteiger partial charge in [0.25, 0.3) is 11.8 Å². The molecule has 8 heteroatoms. The van der Waals surface area contributed by atoms with Crippen LogP contribution in [-0.4, -0.2) is 23.6 Å². The van der Waals surface area contributed by atoms with Gasteiger partial charge in [0.05, 0.1) is 20.8 Å². The molecule has 212 valence electrons. The molecule has 1 saturated heterocycles. The van der Waals surface area contributed by atoms with Gasteiger partial charge in [-0.2, -0.15) is 0 Å². The second-order valence-electron chi connectivity index (χ2n) is 9.58. The van der Waals surface area contributed by atoms with Crippen LogP contribution in [0.15, 0.2) is 111 Å². The predicted molar refractivity (Wildman–Crippen MR) is 176 cm³/mol. The van der Waals surface area contributed by atoms with Crippen LogP contribution < -0.4 is 15.0 Å². The number of ether oxygens (including phenoxy) is 1. The molecule has 0 saturated carbocycles. The summed E-state index contributed by atoms with van der Waals surface area (Å²) < 4.78 is 6.41. The highest BCUT2D eigenvalue weighted by atomic mass is 79.9. The highest BCUT2D eigenvalue weighted by Gasteiger charge is 2.34. The Balaban J connectivity index is 1.36. The fourth-order valence-corrected chi connectivity index (χ4v) is 5.82. The maximum absolute atomic E-state index is 13.7. The number of carbonyl (C=O) groups is 2. The first-order valence-electron chi connectivity index (χ1n) is 13.7. The molecule has 1 fully saturated rings. The van der Waals surface area contributed by atoms with Gasteiger partial charge in [0.2, 0.25) is 0 Å². The lowest BCUT2D eigenvalue weighted by Crippen LogP contribution is -2.28. The van der Waals surface area contributed by atoms with Crippen molar-refractivity contribution in [1.29, 1.82) is 0 Å². The van der Waals surface area contributed by atoms with Crippen molar-refractivity contribution in [3.8, 4) is 5.75 Å². The number of thioether (sulfide) groups is 1. The van der Waals surface area contributed by atoms with Gasteiger partial charge in [-0.15, -0.1) is 0 Å². The number of benzene rings is 4. The number of aryl methyl sites for hydroxylation is 2. The summed E-state index contributed by atoms with van der Waals surface area (Å²) in [5.74, 6) is 0.138. The molecule has 0 spiro atoms. The minimum Gasteiger partial charge on any atom is -0.483 e. The number of aliphatic imine (C=N–C) groups is 1. The van der Waals surface area contributed by atoms with Crippen LogP contribution in [0.5, 0.6) is 5.75 Å². The van der Waals surface area contributed by atoms with Crippen molar-refractivity contribution >= 4 is 67.8 Å². The third kappa shape index (κ3) is 7.19. The Labute approximate surface area is 258 Å². The van der Waals surface area contributed by atoms with E-state index in [1.165, 1.54) is 22.9 Å². The lowest BCUT2D eigenvalue weighted by atomic mass is 10.1. The Bertz CT molecular complexity index is 1640. The zero-order valence-electron chi connectivity index (χ0n) is 23.3. The van der Waals surface area contributed by atoms with E-state index in [-0.39, 0.29) is 18.4 Å². The first-order valence-corrected chi connectivity index (χ1v) is 15.3. The van der Waals surface area contributed by atoms with Crippen molar-refractivity contribution in [2.75, 3.05) is 16.8 Å². The van der Waals surface area contributed by atoms with Gasteiger partial charge in [-0.3, -0.25) is 14.5 Å². The number of hydrogen-bond acceptors (Lipinski definition) is 5. The number of nitrogens with one attached hydrogen (secondary N) is 1. The minimum atomic E-state index is -0.254. The van der Waals surface area contributed by atoms with Gasteiger partial charge in [0, 0.05) is 5.69 Å². The largest absolute Gasteiger partial charge is 0.483 e. The molecule has 0 bridgehead atoms. The van der Waals surface area contributed by atoms with Gasteiger partial charge in [-0.05, 0) is 112 Å². The number of hydrogen-bond donors (Lipinski definition) is 1. The Morgan fingerprint density at radius 2 is 1.60 bits per heavy atom. The lowest BCUT2D eigenvalue weighted by molar-refractivity contribution is -0.118. The number of amidine groups is 1. The van der Waals surface area contributed by atoms with Crippen molar-refractivity contribution in [3.63, 3.8) is 0 Å². The van der Waals surface area contributed by atoms with Gasteiger partial charge >= 0.3 is 0 Å². The molecule has 0 atom stereocenters. The molecule has 6 nitrogen and oxygen atoms in total. The standard InChI is InChI=1S/C34H30BrN3O3S/c1-3-23-10-15-27(16-11-23)37-34-38(28-17-12-24(4-2)13-18-28)33(40)31(42-34)21-25-14-19-30(29(35)20-25)41-22-32(39)36-26-8-6-5-7-9-26/h5-21H,3-4,22H2,1-2H3,(H,36,39)/b31-21-,37-34?. The topological polar surface area (TPSA) is 71.0 Å². The van der Waals surface area contributed by atoms with Crippen LogP contribution in [-0.2, 0) is 22.4 Å². The van der Waals surface area contributed by atoms with Crippen molar-refractivity contribution in [3.05, 3.63) is 123 Å². The van der Waals surface area contributed by atoms with E-state index in [1.807, 2.05) is 84.9 Å². The average molecular weight is 641 g/mol. The zero-order valence-corrected chi connectivity index (χ0v) is 25.7. The van der Waals surface area contributed by atoms with Crippen molar-refractivity contribution in [2.45, 2.75) is 26.7 Å².